The van der Waals surface area contributed by atoms with Crippen LogP contribution in [0.1, 0.15) is 72.1 Å². The summed E-state index contributed by atoms with van der Waals surface area (Å²) in [7, 11) is 2.18. The van der Waals surface area contributed by atoms with E-state index in [1.165, 1.54) is 64.5 Å². The lowest BCUT2D eigenvalue weighted by molar-refractivity contribution is 0.0314. The molecule has 20 heavy (non-hydrogen) atoms. The Morgan fingerprint density at radius 3 is 2.15 bits per heavy atom. The van der Waals surface area contributed by atoms with Crippen molar-refractivity contribution in [1.29, 1.82) is 0 Å². The summed E-state index contributed by atoms with van der Waals surface area (Å²) in [4.78, 5) is 2.75. The van der Waals surface area contributed by atoms with Gasteiger partial charge in [0.25, 0.3) is 0 Å². The maximum absolute atomic E-state index is 3.70. The molecule has 118 valence electrons. The van der Waals surface area contributed by atoms with Crippen LogP contribution in [0, 0.1) is 11.8 Å². The Balaban J connectivity index is 1.99. The molecule has 1 saturated heterocycles. The average molecular weight is 280 g/mol. The van der Waals surface area contributed by atoms with E-state index in [-0.39, 0.29) is 0 Å². The lowest BCUT2D eigenvalue weighted by Gasteiger charge is -2.49. The molecular formula is C18H36N2. The van der Waals surface area contributed by atoms with Crippen molar-refractivity contribution in [2.24, 2.45) is 11.8 Å². The number of nitrogens with one attached hydrogen (secondary N) is 1. The molecule has 2 fully saturated rings. The van der Waals surface area contributed by atoms with Crippen molar-refractivity contribution in [1.82, 2.24) is 10.2 Å². The second-order valence-electron chi connectivity index (χ2n) is 7.66. The molecule has 1 N–H and O–H groups in total. The summed E-state index contributed by atoms with van der Waals surface area (Å²) >= 11 is 0. The van der Waals surface area contributed by atoms with Crippen molar-refractivity contribution in [3.05, 3.63) is 0 Å². The van der Waals surface area contributed by atoms with E-state index in [0.717, 1.165) is 11.8 Å². The van der Waals surface area contributed by atoms with Crippen LogP contribution in [0.5, 0.6) is 0 Å². The van der Waals surface area contributed by atoms with Crippen LogP contribution in [0.3, 0.4) is 0 Å². The molecule has 1 atom stereocenters. The van der Waals surface area contributed by atoms with Gasteiger partial charge >= 0.3 is 0 Å². The Kier molecular flexibility index (Phi) is 5.92. The van der Waals surface area contributed by atoms with Crippen LogP contribution in [0.4, 0.5) is 0 Å². The molecule has 0 radical (unpaired) electrons. The van der Waals surface area contributed by atoms with Crippen molar-refractivity contribution in [3.63, 3.8) is 0 Å². The van der Waals surface area contributed by atoms with Crippen molar-refractivity contribution >= 4 is 0 Å². The lowest BCUT2D eigenvalue weighted by Crippen LogP contribution is -2.61. The Morgan fingerprint density at radius 1 is 1.05 bits per heavy atom. The smallest absolute Gasteiger partial charge is 0.0308 e. The Labute approximate surface area is 126 Å². The third-order valence-corrected chi connectivity index (χ3v) is 6.18. The molecule has 2 rings (SSSR count). The van der Waals surface area contributed by atoms with Crippen molar-refractivity contribution in [3.8, 4) is 0 Å². The van der Waals surface area contributed by atoms with Gasteiger partial charge in [-0.25, -0.2) is 0 Å². The number of rotatable bonds is 5. The second kappa shape index (κ2) is 7.26. The minimum Gasteiger partial charge on any atom is -0.315 e. The van der Waals surface area contributed by atoms with Crippen molar-refractivity contribution in [2.45, 2.75) is 83.7 Å². The second-order valence-corrected chi connectivity index (χ2v) is 7.66. The van der Waals surface area contributed by atoms with Gasteiger partial charge in [0.15, 0.2) is 0 Å². The van der Waals surface area contributed by atoms with E-state index < -0.39 is 0 Å². The van der Waals surface area contributed by atoms with Gasteiger partial charge in [0.1, 0.15) is 0 Å². The maximum Gasteiger partial charge on any atom is 0.0308 e. The van der Waals surface area contributed by atoms with Crippen LogP contribution >= 0.6 is 0 Å². The van der Waals surface area contributed by atoms with E-state index in [4.69, 9.17) is 0 Å². The quantitative estimate of drug-likeness (QED) is 0.817. The summed E-state index contributed by atoms with van der Waals surface area (Å²) in [6, 6.07) is 0.651. The average Bonchev–Trinajstić information content (AvgIpc) is 2.49. The van der Waals surface area contributed by atoms with Gasteiger partial charge in [-0.1, -0.05) is 32.6 Å². The first-order valence-electron chi connectivity index (χ1n) is 9.02. The molecule has 1 unspecified atom stereocenters. The van der Waals surface area contributed by atoms with Crippen molar-refractivity contribution in [2.75, 3.05) is 20.1 Å². The van der Waals surface area contributed by atoms with E-state index >= 15 is 0 Å². The van der Waals surface area contributed by atoms with Gasteiger partial charge in [-0.15, -0.1) is 0 Å². The Bertz CT molecular complexity index is 273. The first kappa shape index (κ1) is 16.3. The number of hydrogen-bond acceptors (Lipinski definition) is 2. The van der Waals surface area contributed by atoms with Crippen LogP contribution < -0.4 is 5.32 Å². The van der Waals surface area contributed by atoms with Crippen LogP contribution in [0.15, 0.2) is 0 Å². The zero-order chi connectivity index (χ0) is 14.6. The summed E-state index contributed by atoms with van der Waals surface area (Å²) in [5.41, 5.74) is 0.304. The first-order chi connectivity index (χ1) is 9.59. The Morgan fingerprint density at radius 2 is 1.65 bits per heavy atom. The van der Waals surface area contributed by atoms with Crippen LogP contribution in [0.25, 0.3) is 0 Å². The summed E-state index contributed by atoms with van der Waals surface area (Å²) in [6.07, 6.45) is 11.4. The van der Waals surface area contributed by atoms with E-state index in [0.29, 0.717) is 11.6 Å². The molecule has 0 bridgehead atoms. The normalized spacial score (nSPS) is 31.2. The predicted molar refractivity (Wildman–Crippen MR) is 88.1 cm³/mol. The third kappa shape index (κ3) is 3.57. The summed E-state index contributed by atoms with van der Waals surface area (Å²) in [6.45, 7) is 9.92. The fourth-order valence-corrected chi connectivity index (χ4v) is 4.76. The summed E-state index contributed by atoms with van der Waals surface area (Å²) in [5.74, 6) is 1.88. The minimum atomic E-state index is 0.304. The highest BCUT2D eigenvalue weighted by atomic mass is 15.2. The van der Waals surface area contributed by atoms with E-state index in [2.05, 4.69) is 38.0 Å². The van der Waals surface area contributed by atoms with Gasteiger partial charge in [-0.05, 0) is 71.5 Å². The Hall–Kier alpha value is -0.0800. The maximum atomic E-state index is 3.70. The highest BCUT2D eigenvalue weighted by Gasteiger charge is 2.40. The summed E-state index contributed by atoms with van der Waals surface area (Å²) < 4.78 is 0. The number of likely N-dealkylation sites (N-methyl/N-ethyl adjacent to an activating group) is 1. The number of piperidine rings is 1. The highest BCUT2D eigenvalue weighted by molar-refractivity contribution is 4.98. The molecule has 1 aliphatic carbocycles. The molecule has 0 amide bonds. The highest BCUT2D eigenvalue weighted by Crippen LogP contribution is 2.37. The van der Waals surface area contributed by atoms with Gasteiger partial charge in [0.05, 0.1) is 0 Å². The fourth-order valence-electron chi connectivity index (χ4n) is 4.76. The molecule has 0 spiro atoms. The molecular weight excluding hydrogens is 244 g/mol. The van der Waals surface area contributed by atoms with Crippen LogP contribution in [0.2, 0.25) is 0 Å². The van der Waals surface area contributed by atoms with Crippen LogP contribution in [-0.2, 0) is 0 Å². The summed E-state index contributed by atoms with van der Waals surface area (Å²) in [5, 5.41) is 3.70. The van der Waals surface area contributed by atoms with Crippen molar-refractivity contribution < 1.29 is 0 Å². The minimum absolute atomic E-state index is 0.304. The molecule has 0 aromatic carbocycles. The molecule has 0 aromatic rings. The number of hydrogen-bond donors (Lipinski definition) is 1. The van der Waals surface area contributed by atoms with E-state index in [1.54, 1.807) is 0 Å². The molecule has 2 nitrogen and oxygen atoms in total. The van der Waals surface area contributed by atoms with Gasteiger partial charge in [-0.3, -0.25) is 4.90 Å². The third-order valence-electron chi connectivity index (χ3n) is 6.18. The standard InChI is InChI=1S/C18H36N2/c1-5-15-9-11-16(12-10-15)17(19-4)18(2,3)20-13-7-6-8-14-20/h15-17,19H,5-14H2,1-4H3. The number of nitrogens with zero attached hydrogens (tertiary/aromatic N) is 1. The fraction of sp³-hybridized carbons (Fsp3) is 1.00. The van der Waals surface area contributed by atoms with Crippen LogP contribution in [-0.4, -0.2) is 36.6 Å². The molecule has 1 aliphatic heterocycles. The zero-order valence-corrected chi connectivity index (χ0v) is 14.3. The SMILES string of the molecule is CCC1CCC(C(NC)C(C)(C)N2CCCCC2)CC1. The zero-order valence-electron chi connectivity index (χ0n) is 14.3. The topological polar surface area (TPSA) is 15.3 Å². The van der Waals surface area contributed by atoms with E-state index in [1.807, 2.05) is 0 Å². The predicted octanol–water partition coefficient (Wildman–Crippen LogP) is 4.06. The van der Waals surface area contributed by atoms with Gasteiger partial charge in [-0.2, -0.15) is 0 Å². The molecule has 1 saturated carbocycles. The lowest BCUT2D eigenvalue weighted by atomic mass is 9.72. The largest absolute Gasteiger partial charge is 0.315 e. The molecule has 2 aliphatic rings. The van der Waals surface area contributed by atoms with E-state index in [9.17, 15) is 0 Å². The first-order valence-corrected chi connectivity index (χ1v) is 9.02. The van der Waals surface area contributed by atoms with Gasteiger partial charge < -0.3 is 5.32 Å². The molecule has 1 heterocycles. The van der Waals surface area contributed by atoms with Gasteiger partial charge in [0.2, 0.25) is 0 Å². The molecule has 2 heteroatoms. The molecule has 0 aromatic heterocycles. The van der Waals surface area contributed by atoms with Gasteiger partial charge in [0, 0.05) is 11.6 Å². The monoisotopic (exact) mass is 280 g/mol. The number of likely N-dealkylation sites (tertiary alicyclic amines) is 1.